The lowest BCUT2D eigenvalue weighted by molar-refractivity contribution is -0.148. The maximum absolute atomic E-state index is 12.5. The van der Waals surface area contributed by atoms with Crippen LogP contribution in [0, 0.1) is 5.92 Å². The molecule has 2 unspecified atom stereocenters. The van der Waals surface area contributed by atoms with Crippen LogP contribution in [-0.2, 0) is 20.7 Å². The van der Waals surface area contributed by atoms with Crippen molar-refractivity contribution in [2.24, 2.45) is 5.92 Å². The van der Waals surface area contributed by atoms with Gasteiger partial charge in [-0.15, -0.1) is 0 Å². The first-order valence-corrected chi connectivity index (χ1v) is 12.5. The molecule has 2 atom stereocenters. The highest BCUT2D eigenvalue weighted by Gasteiger charge is 2.21. The molecule has 6 heteroatoms. The number of anilines is 1. The van der Waals surface area contributed by atoms with E-state index in [0.29, 0.717) is 36.7 Å². The lowest BCUT2D eigenvalue weighted by Crippen LogP contribution is -2.39. The van der Waals surface area contributed by atoms with Gasteiger partial charge in [-0.2, -0.15) is 0 Å². The van der Waals surface area contributed by atoms with Crippen molar-refractivity contribution >= 4 is 29.2 Å². The number of ether oxygens (including phenoxy) is 1. The van der Waals surface area contributed by atoms with Gasteiger partial charge in [0.15, 0.2) is 0 Å². The zero-order valence-electron chi connectivity index (χ0n) is 20.3. The van der Waals surface area contributed by atoms with Crippen molar-refractivity contribution in [1.29, 1.82) is 0 Å². The first kappa shape index (κ1) is 26.5. The Morgan fingerprint density at radius 1 is 0.886 bits per heavy atom. The van der Waals surface area contributed by atoms with Gasteiger partial charge in [-0.1, -0.05) is 78.3 Å². The summed E-state index contributed by atoms with van der Waals surface area (Å²) in [6.07, 6.45) is 2.05. The molecule has 35 heavy (non-hydrogen) atoms. The average molecular weight is 493 g/mol. The Labute approximate surface area is 212 Å². The number of benzene rings is 3. The van der Waals surface area contributed by atoms with E-state index in [-0.39, 0.29) is 17.8 Å². The SMILES string of the molecule is CCOC(=O)C(CCNC(C)C(=O)Nc1ccccc1Cl)CCc1ccc(-c2ccccc2)cc1. The third-order valence-electron chi connectivity index (χ3n) is 5.93. The highest BCUT2D eigenvalue weighted by atomic mass is 35.5. The van der Waals surface area contributed by atoms with E-state index in [9.17, 15) is 9.59 Å². The third kappa shape index (κ3) is 8.23. The molecule has 184 valence electrons. The second-order valence-electron chi connectivity index (χ2n) is 8.48. The molecule has 0 saturated heterocycles. The fourth-order valence-electron chi connectivity index (χ4n) is 3.85. The van der Waals surface area contributed by atoms with Gasteiger partial charge in [-0.25, -0.2) is 0 Å². The van der Waals surface area contributed by atoms with Crippen LogP contribution in [-0.4, -0.2) is 31.1 Å². The summed E-state index contributed by atoms with van der Waals surface area (Å²) in [7, 11) is 0. The summed E-state index contributed by atoms with van der Waals surface area (Å²) in [6.45, 7) is 4.48. The van der Waals surface area contributed by atoms with Crippen LogP contribution in [0.3, 0.4) is 0 Å². The molecule has 3 rings (SSSR count). The molecule has 3 aromatic rings. The second-order valence-corrected chi connectivity index (χ2v) is 8.89. The van der Waals surface area contributed by atoms with Crippen LogP contribution in [0.4, 0.5) is 5.69 Å². The van der Waals surface area contributed by atoms with Crippen LogP contribution < -0.4 is 10.6 Å². The topological polar surface area (TPSA) is 67.4 Å². The zero-order valence-corrected chi connectivity index (χ0v) is 21.1. The number of halogens is 1. The molecular formula is C29H33ClN2O3. The Morgan fingerprint density at radius 3 is 2.23 bits per heavy atom. The van der Waals surface area contributed by atoms with Crippen LogP contribution in [0.15, 0.2) is 78.9 Å². The fraction of sp³-hybridized carbons (Fsp3) is 0.310. The molecule has 0 saturated carbocycles. The van der Waals surface area contributed by atoms with Gasteiger partial charge in [0, 0.05) is 0 Å². The molecular weight excluding hydrogens is 460 g/mol. The number of amides is 1. The van der Waals surface area contributed by atoms with Crippen LogP contribution >= 0.6 is 11.6 Å². The van der Waals surface area contributed by atoms with Crippen LogP contribution in [0.1, 0.15) is 32.3 Å². The number of hydrogen-bond acceptors (Lipinski definition) is 4. The molecule has 2 N–H and O–H groups in total. The molecule has 0 aromatic heterocycles. The normalized spacial score (nSPS) is 12.5. The van der Waals surface area contributed by atoms with Gasteiger partial charge in [-0.3, -0.25) is 9.59 Å². The molecule has 3 aromatic carbocycles. The van der Waals surface area contributed by atoms with E-state index in [1.54, 1.807) is 19.1 Å². The Morgan fingerprint density at radius 2 is 1.54 bits per heavy atom. The number of rotatable bonds is 12. The Bertz CT molecular complexity index is 1090. The maximum Gasteiger partial charge on any atom is 0.308 e. The van der Waals surface area contributed by atoms with Crippen molar-refractivity contribution in [3.63, 3.8) is 0 Å². The number of para-hydroxylation sites is 1. The molecule has 0 heterocycles. The molecule has 5 nitrogen and oxygen atoms in total. The molecule has 0 spiro atoms. The monoisotopic (exact) mass is 492 g/mol. The van der Waals surface area contributed by atoms with Crippen LogP contribution in [0.25, 0.3) is 11.1 Å². The van der Waals surface area contributed by atoms with Gasteiger partial charge in [0.25, 0.3) is 0 Å². The number of hydrogen-bond donors (Lipinski definition) is 2. The van der Waals surface area contributed by atoms with E-state index in [0.717, 1.165) is 6.42 Å². The summed E-state index contributed by atoms with van der Waals surface area (Å²) < 4.78 is 5.31. The van der Waals surface area contributed by atoms with Crippen molar-refractivity contribution in [3.8, 4) is 11.1 Å². The standard InChI is InChI=1S/C29H33ClN2O3/c1-3-35-29(34)25(18-15-22-13-16-24(17-14-22)23-9-5-4-6-10-23)19-20-31-21(2)28(33)32-27-12-8-7-11-26(27)30/h4-14,16-17,21,25,31H,3,15,18-20H2,1-2H3,(H,32,33). The summed E-state index contributed by atoms with van der Waals surface area (Å²) >= 11 is 6.12. The van der Waals surface area contributed by atoms with E-state index in [2.05, 4.69) is 47.0 Å². The van der Waals surface area contributed by atoms with Crippen molar-refractivity contribution in [2.75, 3.05) is 18.5 Å². The van der Waals surface area contributed by atoms with Crippen molar-refractivity contribution < 1.29 is 14.3 Å². The highest BCUT2D eigenvalue weighted by molar-refractivity contribution is 6.33. The summed E-state index contributed by atoms with van der Waals surface area (Å²) in [5.74, 6) is -0.609. The minimum absolute atomic E-state index is 0.177. The van der Waals surface area contributed by atoms with E-state index < -0.39 is 6.04 Å². The minimum Gasteiger partial charge on any atom is -0.466 e. The molecule has 0 fully saturated rings. The van der Waals surface area contributed by atoms with Gasteiger partial charge in [0.2, 0.25) is 5.91 Å². The quantitative estimate of drug-likeness (QED) is 0.299. The van der Waals surface area contributed by atoms with Crippen molar-refractivity contribution in [2.45, 2.75) is 39.2 Å². The van der Waals surface area contributed by atoms with Crippen molar-refractivity contribution in [1.82, 2.24) is 5.32 Å². The van der Waals surface area contributed by atoms with Crippen molar-refractivity contribution in [3.05, 3.63) is 89.4 Å². The number of carbonyl (C=O) groups is 2. The molecule has 0 radical (unpaired) electrons. The largest absolute Gasteiger partial charge is 0.466 e. The lowest BCUT2D eigenvalue weighted by Gasteiger charge is -2.18. The molecule has 0 bridgehead atoms. The zero-order chi connectivity index (χ0) is 25.0. The molecule has 0 aliphatic rings. The average Bonchev–Trinajstić information content (AvgIpc) is 2.88. The van der Waals surface area contributed by atoms with Gasteiger partial charge in [0.05, 0.1) is 29.3 Å². The lowest BCUT2D eigenvalue weighted by atomic mass is 9.95. The fourth-order valence-corrected chi connectivity index (χ4v) is 4.03. The van der Waals surface area contributed by atoms with Gasteiger partial charge in [0.1, 0.15) is 0 Å². The van der Waals surface area contributed by atoms with Gasteiger partial charge in [-0.05, 0) is 68.5 Å². The third-order valence-corrected chi connectivity index (χ3v) is 6.26. The summed E-state index contributed by atoms with van der Waals surface area (Å²) in [5, 5.41) is 6.53. The van der Waals surface area contributed by atoms with E-state index in [4.69, 9.17) is 16.3 Å². The van der Waals surface area contributed by atoms with Gasteiger partial charge < -0.3 is 15.4 Å². The second kappa shape index (κ2) is 13.7. The minimum atomic E-state index is -0.431. The van der Waals surface area contributed by atoms with Crippen LogP contribution in [0.2, 0.25) is 5.02 Å². The van der Waals surface area contributed by atoms with E-state index in [1.165, 1.54) is 16.7 Å². The first-order chi connectivity index (χ1) is 17.0. The number of carbonyl (C=O) groups excluding carboxylic acids is 2. The molecule has 0 aliphatic carbocycles. The smallest absolute Gasteiger partial charge is 0.308 e. The highest BCUT2D eigenvalue weighted by Crippen LogP contribution is 2.22. The number of aryl methyl sites for hydroxylation is 1. The van der Waals surface area contributed by atoms with Gasteiger partial charge >= 0.3 is 5.97 Å². The Kier molecular flexibility index (Phi) is 10.3. The summed E-state index contributed by atoms with van der Waals surface area (Å²) in [5.41, 5.74) is 4.11. The Balaban J connectivity index is 1.51. The predicted molar refractivity (Wildman–Crippen MR) is 142 cm³/mol. The van der Waals surface area contributed by atoms with E-state index >= 15 is 0 Å². The predicted octanol–water partition coefficient (Wildman–Crippen LogP) is 6.13. The first-order valence-electron chi connectivity index (χ1n) is 12.1. The Hall–Kier alpha value is -3.15. The van der Waals surface area contributed by atoms with Crippen LogP contribution in [0.5, 0.6) is 0 Å². The summed E-state index contributed by atoms with van der Waals surface area (Å²) in [6, 6.07) is 25.4. The number of nitrogens with one attached hydrogen (secondary N) is 2. The number of esters is 1. The van der Waals surface area contributed by atoms with E-state index in [1.807, 2.05) is 37.3 Å². The summed E-state index contributed by atoms with van der Waals surface area (Å²) in [4.78, 5) is 25.0. The maximum atomic E-state index is 12.5. The molecule has 0 aliphatic heterocycles. The molecule has 1 amide bonds.